The third-order valence-corrected chi connectivity index (χ3v) is 2.77. The number of benzene rings is 1. The molecule has 0 unspecified atom stereocenters. The fraction of sp³-hybridized carbons (Fsp3) is 0.400. The van der Waals surface area contributed by atoms with Gasteiger partial charge in [-0.2, -0.15) is 9.13 Å². The topological polar surface area (TPSA) is 79.5 Å². The Balaban J connectivity index is 2.66. The summed E-state index contributed by atoms with van der Waals surface area (Å²) < 4.78 is 11.7. The zero-order valence-electron chi connectivity index (χ0n) is 13.0. The van der Waals surface area contributed by atoms with Crippen molar-refractivity contribution >= 4 is 23.2 Å². The van der Waals surface area contributed by atoms with Crippen LogP contribution in [0.1, 0.15) is 27.7 Å². The molecule has 118 valence electrons. The highest BCUT2D eigenvalue weighted by Crippen LogP contribution is 2.15. The van der Waals surface area contributed by atoms with Gasteiger partial charge >= 0.3 is 17.9 Å². The van der Waals surface area contributed by atoms with Crippen molar-refractivity contribution in [2.75, 3.05) is 6.61 Å². The quantitative estimate of drug-likeness (QED) is 0.809. The number of nitrogens with zero attached hydrogens (tertiary/aromatic N) is 2. The van der Waals surface area contributed by atoms with Crippen LogP contribution in [0.5, 0.6) is 0 Å². The smallest absolute Gasteiger partial charge is 0.423 e. The summed E-state index contributed by atoms with van der Waals surface area (Å²) in [5, 5.41) is 0. The molecule has 0 fully saturated rings. The summed E-state index contributed by atoms with van der Waals surface area (Å²) in [6.07, 6.45) is -1.66. The van der Waals surface area contributed by atoms with Gasteiger partial charge in [0.05, 0.1) is 17.6 Å². The molecule has 0 aliphatic heterocycles. The fourth-order valence-electron chi connectivity index (χ4n) is 2.00. The Bertz CT molecular complexity index is 779. The first-order valence-electron chi connectivity index (χ1n) is 6.89. The van der Waals surface area contributed by atoms with Crippen molar-refractivity contribution in [1.29, 1.82) is 0 Å². The Hall–Kier alpha value is -2.57. The highest BCUT2D eigenvalue weighted by atomic mass is 16.6. The summed E-state index contributed by atoms with van der Waals surface area (Å²) in [5.41, 5.74) is -0.996. The van der Waals surface area contributed by atoms with Crippen LogP contribution < -0.4 is 5.69 Å². The molecule has 1 aromatic carbocycles. The van der Waals surface area contributed by atoms with Crippen molar-refractivity contribution in [3.05, 3.63) is 34.7 Å². The summed E-state index contributed by atoms with van der Waals surface area (Å²) in [5.74, 6) is 0. The second-order valence-electron chi connectivity index (χ2n) is 5.62. The number of para-hydroxylation sites is 2. The van der Waals surface area contributed by atoms with Gasteiger partial charge < -0.3 is 9.47 Å². The summed E-state index contributed by atoms with van der Waals surface area (Å²) in [6.45, 7) is 6.84. The van der Waals surface area contributed by atoms with Gasteiger partial charge in [-0.1, -0.05) is 12.1 Å². The molecular weight excluding hydrogens is 288 g/mol. The summed E-state index contributed by atoms with van der Waals surface area (Å²) >= 11 is 0. The minimum atomic E-state index is -0.836. The van der Waals surface area contributed by atoms with Gasteiger partial charge in [0.1, 0.15) is 5.60 Å². The molecule has 7 nitrogen and oxygen atoms in total. The van der Waals surface area contributed by atoms with Gasteiger partial charge in [-0.15, -0.1) is 0 Å². The predicted molar refractivity (Wildman–Crippen MR) is 80.3 cm³/mol. The highest BCUT2D eigenvalue weighted by molar-refractivity contribution is 5.92. The van der Waals surface area contributed by atoms with Gasteiger partial charge in [-0.05, 0) is 39.8 Å². The standard InChI is InChI=1S/C15H18N2O5/c1-5-21-13(19)16-10-8-6-7-9-11(10)17(12(16)18)14(20)22-15(2,3)4/h6-9H,5H2,1-4H3. The number of hydrogen-bond donors (Lipinski definition) is 0. The number of fused-ring (bicyclic) bond motifs is 1. The molecule has 0 N–H and O–H groups in total. The molecule has 0 aliphatic carbocycles. The van der Waals surface area contributed by atoms with E-state index in [2.05, 4.69) is 0 Å². The fourth-order valence-corrected chi connectivity index (χ4v) is 2.00. The second-order valence-corrected chi connectivity index (χ2v) is 5.62. The van der Waals surface area contributed by atoms with E-state index >= 15 is 0 Å². The maximum Gasteiger partial charge on any atom is 0.423 e. The molecule has 7 heteroatoms. The molecule has 0 radical (unpaired) electrons. The van der Waals surface area contributed by atoms with Crippen LogP contribution >= 0.6 is 0 Å². The molecule has 2 rings (SSSR count). The first-order chi connectivity index (χ1) is 10.3. The molecule has 0 spiro atoms. The van der Waals surface area contributed by atoms with Gasteiger partial charge in [0, 0.05) is 0 Å². The van der Waals surface area contributed by atoms with Crippen LogP contribution in [0.25, 0.3) is 11.0 Å². The number of hydrogen-bond acceptors (Lipinski definition) is 5. The highest BCUT2D eigenvalue weighted by Gasteiger charge is 2.26. The van der Waals surface area contributed by atoms with E-state index in [0.29, 0.717) is 0 Å². The van der Waals surface area contributed by atoms with Crippen LogP contribution in [0.3, 0.4) is 0 Å². The Kier molecular flexibility index (Phi) is 4.07. The Morgan fingerprint density at radius 1 is 1.05 bits per heavy atom. The molecule has 22 heavy (non-hydrogen) atoms. The first kappa shape index (κ1) is 15.8. The number of imidazole rings is 1. The van der Waals surface area contributed by atoms with E-state index in [1.54, 1.807) is 52.0 Å². The molecule has 1 heterocycles. The summed E-state index contributed by atoms with van der Waals surface area (Å²) in [7, 11) is 0. The lowest BCUT2D eigenvalue weighted by atomic mass is 10.2. The third-order valence-electron chi connectivity index (χ3n) is 2.77. The molecule has 0 saturated carbocycles. The Morgan fingerprint density at radius 3 is 2.00 bits per heavy atom. The van der Waals surface area contributed by atoms with Crippen molar-refractivity contribution in [2.45, 2.75) is 33.3 Å². The monoisotopic (exact) mass is 306 g/mol. The summed E-state index contributed by atoms with van der Waals surface area (Å²) in [4.78, 5) is 36.7. The number of ether oxygens (including phenoxy) is 2. The molecule has 0 bridgehead atoms. The third kappa shape index (κ3) is 2.88. The van der Waals surface area contributed by atoms with E-state index in [9.17, 15) is 14.4 Å². The number of carbonyl (C=O) groups excluding carboxylic acids is 2. The van der Waals surface area contributed by atoms with Crippen molar-refractivity contribution in [1.82, 2.24) is 9.13 Å². The van der Waals surface area contributed by atoms with E-state index in [4.69, 9.17) is 9.47 Å². The first-order valence-corrected chi connectivity index (χ1v) is 6.89. The lowest BCUT2D eigenvalue weighted by molar-refractivity contribution is 0.0537. The van der Waals surface area contributed by atoms with Crippen molar-refractivity contribution in [3.8, 4) is 0 Å². The molecular formula is C15H18N2O5. The van der Waals surface area contributed by atoms with Crippen molar-refractivity contribution in [2.24, 2.45) is 0 Å². The molecule has 0 saturated heterocycles. The zero-order chi connectivity index (χ0) is 16.5. The molecule has 2 aromatic rings. The van der Waals surface area contributed by atoms with Crippen LogP contribution in [-0.2, 0) is 9.47 Å². The number of rotatable bonds is 1. The van der Waals surface area contributed by atoms with Crippen molar-refractivity contribution in [3.63, 3.8) is 0 Å². The Morgan fingerprint density at radius 2 is 1.55 bits per heavy atom. The minimum Gasteiger partial charge on any atom is -0.449 e. The number of carbonyl (C=O) groups is 2. The maximum absolute atomic E-state index is 12.5. The van der Waals surface area contributed by atoms with Crippen molar-refractivity contribution < 1.29 is 19.1 Å². The lowest BCUT2D eigenvalue weighted by Gasteiger charge is -2.19. The van der Waals surface area contributed by atoms with Gasteiger partial charge in [0.15, 0.2) is 0 Å². The molecule has 0 amide bonds. The lowest BCUT2D eigenvalue weighted by Crippen LogP contribution is -2.36. The second kappa shape index (κ2) is 5.67. The summed E-state index contributed by atoms with van der Waals surface area (Å²) in [6, 6.07) is 6.46. The van der Waals surface area contributed by atoms with E-state index in [-0.39, 0.29) is 17.6 Å². The zero-order valence-corrected chi connectivity index (χ0v) is 13.0. The molecule has 1 aromatic heterocycles. The van der Waals surface area contributed by atoms with Gasteiger partial charge in [0.25, 0.3) is 0 Å². The Labute approximate surface area is 127 Å². The maximum atomic E-state index is 12.5. The van der Waals surface area contributed by atoms with E-state index in [1.807, 2.05) is 0 Å². The van der Waals surface area contributed by atoms with Crippen LogP contribution in [0.4, 0.5) is 9.59 Å². The molecule has 0 atom stereocenters. The minimum absolute atomic E-state index is 0.122. The average Bonchev–Trinajstić information content (AvgIpc) is 2.69. The normalized spacial score (nSPS) is 11.5. The van der Waals surface area contributed by atoms with Crippen LogP contribution in [0.2, 0.25) is 0 Å². The van der Waals surface area contributed by atoms with Gasteiger partial charge in [-0.25, -0.2) is 14.4 Å². The average molecular weight is 306 g/mol. The number of aromatic nitrogens is 2. The largest absolute Gasteiger partial charge is 0.449 e. The SMILES string of the molecule is CCOC(=O)n1c(=O)n(C(=O)OC(C)(C)C)c2ccccc21. The van der Waals surface area contributed by atoms with Crippen LogP contribution in [0, 0.1) is 0 Å². The van der Waals surface area contributed by atoms with Gasteiger partial charge in [-0.3, -0.25) is 0 Å². The van der Waals surface area contributed by atoms with E-state index in [0.717, 1.165) is 9.13 Å². The van der Waals surface area contributed by atoms with Crippen LogP contribution in [0.15, 0.2) is 29.1 Å². The predicted octanol–water partition coefficient (Wildman–Crippen LogP) is 2.59. The molecule has 0 aliphatic rings. The van der Waals surface area contributed by atoms with E-state index in [1.165, 1.54) is 0 Å². The van der Waals surface area contributed by atoms with Crippen LogP contribution in [-0.4, -0.2) is 33.5 Å². The van der Waals surface area contributed by atoms with E-state index < -0.39 is 23.5 Å². The van der Waals surface area contributed by atoms with Gasteiger partial charge in [0.2, 0.25) is 0 Å².